The van der Waals surface area contributed by atoms with E-state index in [2.05, 4.69) is 191 Å². The molecule has 0 rings (SSSR count). The molecule has 646 valence electrons. The number of carbonyl (C=O) groups is 3. The molecule has 5 atom stereocenters. The molecule has 16 nitrogen and oxygen atoms in total. The van der Waals surface area contributed by atoms with E-state index >= 15 is 0 Å². The molecule has 0 aliphatic rings. The molecular formula is C95H160O16P2. The van der Waals surface area contributed by atoms with Crippen LogP contribution in [-0.2, 0) is 55.8 Å². The van der Waals surface area contributed by atoms with E-state index in [-0.39, 0.29) is 19.3 Å². The molecule has 0 aromatic carbocycles. The van der Waals surface area contributed by atoms with E-state index in [0.717, 1.165) is 148 Å². The quantitative estimate of drug-likeness (QED) is 0.0146. The molecule has 5 unspecified atom stereocenters. The lowest BCUT2D eigenvalue weighted by Crippen LogP contribution is -2.30. The predicted octanol–water partition coefficient (Wildman–Crippen LogP) is 27.1. The molecule has 113 heavy (non-hydrogen) atoms. The van der Waals surface area contributed by atoms with Crippen molar-refractivity contribution in [3.8, 4) is 0 Å². The molecule has 0 heterocycles. The lowest BCUT2D eigenvalue weighted by Gasteiger charge is -2.21. The third-order valence-corrected chi connectivity index (χ3v) is 20.3. The molecule has 0 aromatic heterocycles. The highest BCUT2D eigenvalue weighted by Gasteiger charge is 2.29. The summed E-state index contributed by atoms with van der Waals surface area (Å²) >= 11 is 0. The second-order valence-electron chi connectivity index (χ2n) is 29.3. The summed E-state index contributed by atoms with van der Waals surface area (Å²) in [5, 5.41) is 20.7. The number of aliphatic hydroxyl groups excluding tert-OH is 2. The van der Waals surface area contributed by atoms with Crippen molar-refractivity contribution in [3.63, 3.8) is 0 Å². The van der Waals surface area contributed by atoms with Crippen LogP contribution in [0.5, 0.6) is 0 Å². The summed E-state index contributed by atoms with van der Waals surface area (Å²) in [5.41, 5.74) is 0. The topological polar surface area (TPSA) is 231 Å². The zero-order chi connectivity index (χ0) is 82.2. The fourth-order valence-electron chi connectivity index (χ4n) is 11.7. The van der Waals surface area contributed by atoms with Gasteiger partial charge in [-0.1, -0.05) is 345 Å². The van der Waals surface area contributed by atoms with Crippen LogP contribution < -0.4 is 0 Å². The summed E-state index contributed by atoms with van der Waals surface area (Å²) in [6.07, 6.45) is 111. The van der Waals surface area contributed by atoms with Crippen LogP contribution in [0.15, 0.2) is 170 Å². The first-order chi connectivity index (χ1) is 55.2. The van der Waals surface area contributed by atoms with E-state index in [9.17, 15) is 43.5 Å². The molecule has 0 aromatic rings. The normalized spacial score (nSPS) is 14.6. The van der Waals surface area contributed by atoms with Gasteiger partial charge in [0.05, 0.1) is 26.4 Å². The number of allylic oxidation sites excluding steroid dienone is 28. The average Bonchev–Trinajstić information content (AvgIpc) is 0.898. The van der Waals surface area contributed by atoms with Gasteiger partial charge in [-0.15, -0.1) is 0 Å². The third-order valence-electron chi connectivity index (χ3n) is 18.4. The Balaban J connectivity index is 4.60. The molecule has 18 heteroatoms. The second kappa shape index (κ2) is 86.3. The summed E-state index contributed by atoms with van der Waals surface area (Å²) < 4.78 is 61.3. The molecule has 4 N–H and O–H groups in total. The fourth-order valence-corrected chi connectivity index (χ4v) is 13.2. The van der Waals surface area contributed by atoms with Gasteiger partial charge in [-0.3, -0.25) is 32.5 Å². The van der Waals surface area contributed by atoms with Gasteiger partial charge in [0.2, 0.25) is 0 Å². The van der Waals surface area contributed by atoms with Gasteiger partial charge in [-0.25, -0.2) is 9.13 Å². The summed E-state index contributed by atoms with van der Waals surface area (Å²) in [7, 11) is -9.83. The van der Waals surface area contributed by atoms with Crippen LogP contribution in [0.3, 0.4) is 0 Å². The molecule has 0 saturated heterocycles. The standard InChI is InChI=1S/C95H160O16P2/c1-4-7-10-13-16-19-22-25-28-31-34-37-39-40-41-42-43-44-45-46-47-48-50-53-54-57-60-63-66-69-72-75-78-81-93(98)105-84-90(96)85-107-112(101,102)108-86-91(97)87-109-113(103,104)110-89-92(111-95(100)83-80-77-74-71-68-65-62-59-56-51-36-33-30-27-24-21-18-15-12-9-6-3)88-106-94(99)82-79-76-73-70-67-64-61-58-55-52-49-38-35-32-29-26-23-20-17-14-11-8-5-2/h9,12,16-21,25-30,34-38,40-41,51-52,55,59,62,68,71,90-92,96-97H,4-8,10-11,13-15,22-24,31-33,39,42-50,53-54,56-58,60-61,63-67,69-70,72-89H2,1-3H3,(H,101,102)(H,103,104)/b12-9-,19-16-,20-17-,21-18-,28-25-,29-26-,30-27-,37-34-,38-35-,41-40-,51-36-,55-52-,62-59-,71-68-. The van der Waals surface area contributed by atoms with E-state index in [0.29, 0.717) is 25.7 Å². The monoisotopic (exact) mass is 1620 g/mol. The summed E-state index contributed by atoms with van der Waals surface area (Å²) in [6, 6.07) is 0. The van der Waals surface area contributed by atoms with Gasteiger partial charge in [0.25, 0.3) is 0 Å². The Labute approximate surface area is 688 Å². The van der Waals surface area contributed by atoms with Crippen LogP contribution in [0, 0.1) is 0 Å². The van der Waals surface area contributed by atoms with Crippen molar-refractivity contribution in [2.75, 3.05) is 39.6 Å². The van der Waals surface area contributed by atoms with Crippen molar-refractivity contribution in [2.24, 2.45) is 0 Å². The molecule has 0 bridgehead atoms. The first-order valence-electron chi connectivity index (χ1n) is 44.4. The van der Waals surface area contributed by atoms with Gasteiger partial charge in [0.15, 0.2) is 6.10 Å². The fraction of sp³-hybridized carbons (Fsp3) is 0.674. The zero-order valence-corrected chi connectivity index (χ0v) is 72.8. The number of phosphoric acid groups is 2. The number of hydrogen-bond donors (Lipinski definition) is 4. The highest BCUT2D eigenvalue weighted by molar-refractivity contribution is 7.47. The van der Waals surface area contributed by atoms with Crippen molar-refractivity contribution in [3.05, 3.63) is 170 Å². The maximum absolute atomic E-state index is 13.0. The Hall–Kier alpha value is -5.09. The van der Waals surface area contributed by atoms with E-state index in [1.54, 1.807) is 0 Å². The molecule has 0 fully saturated rings. The Bertz CT molecular complexity index is 2730. The first kappa shape index (κ1) is 108. The number of aliphatic hydroxyl groups is 2. The van der Waals surface area contributed by atoms with Crippen molar-refractivity contribution in [2.45, 2.75) is 373 Å². The third kappa shape index (κ3) is 87.6. The lowest BCUT2D eigenvalue weighted by atomic mass is 10.0. The minimum Gasteiger partial charge on any atom is -0.463 e. The van der Waals surface area contributed by atoms with Gasteiger partial charge >= 0.3 is 33.6 Å². The molecule has 0 radical (unpaired) electrons. The minimum atomic E-state index is -4.96. The Morgan fingerprint density at radius 1 is 0.257 bits per heavy atom. The maximum atomic E-state index is 13.0. The summed E-state index contributed by atoms with van der Waals surface area (Å²) in [6.45, 7) is 2.47. The van der Waals surface area contributed by atoms with E-state index < -0.39 is 91.5 Å². The van der Waals surface area contributed by atoms with Gasteiger partial charge in [0.1, 0.15) is 25.4 Å². The van der Waals surface area contributed by atoms with Crippen LogP contribution in [0.4, 0.5) is 0 Å². The van der Waals surface area contributed by atoms with Crippen LogP contribution in [0.25, 0.3) is 0 Å². The van der Waals surface area contributed by atoms with Gasteiger partial charge in [-0.05, 0) is 161 Å². The van der Waals surface area contributed by atoms with Gasteiger partial charge in [-0.2, -0.15) is 0 Å². The number of ether oxygens (including phenoxy) is 3. The van der Waals surface area contributed by atoms with Gasteiger partial charge < -0.3 is 34.2 Å². The molecule has 0 spiro atoms. The van der Waals surface area contributed by atoms with Crippen molar-refractivity contribution in [1.29, 1.82) is 0 Å². The molecule has 0 aliphatic carbocycles. The van der Waals surface area contributed by atoms with Gasteiger partial charge in [0, 0.05) is 19.3 Å². The van der Waals surface area contributed by atoms with E-state index in [4.69, 9.17) is 32.3 Å². The smallest absolute Gasteiger partial charge is 0.463 e. The largest absolute Gasteiger partial charge is 0.472 e. The number of rotatable bonds is 83. The molecule has 0 saturated carbocycles. The second-order valence-corrected chi connectivity index (χ2v) is 32.2. The van der Waals surface area contributed by atoms with E-state index in [1.165, 1.54) is 141 Å². The van der Waals surface area contributed by atoms with Crippen LogP contribution >= 0.6 is 15.6 Å². The number of carbonyl (C=O) groups excluding carboxylic acids is 3. The van der Waals surface area contributed by atoms with Crippen LogP contribution in [-0.4, -0.2) is 95.9 Å². The SMILES string of the molecule is CC/C=C\C/C=C\C/C=C\C/C=C\C/C=C\C/C=C\CCCCC(=O)OC(COC(=O)CCCCCCCCC/C=C\C/C=C\C/C=C\C/C=C\CCCCC)COP(=O)(O)OCC(O)COP(=O)(O)OCC(O)COC(=O)CCCCCCCCCCCCCCCCCCC/C=C\C/C=C\C/C=C\C/C=C\CCCCC. The van der Waals surface area contributed by atoms with Crippen molar-refractivity contribution >= 4 is 33.6 Å². The number of hydrogen-bond acceptors (Lipinski definition) is 14. The highest BCUT2D eigenvalue weighted by Crippen LogP contribution is 2.45. The molecule has 0 amide bonds. The summed E-state index contributed by atoms with van der Waals surface area (Å²) in [4.78, 5) is 58.9. The highest BCUT2D eigenvalue weighted by atomic mass is 31.2. The Kier molecular flexibility index (Phi) is 82.4. The Morgan fingerprint density at radius 2 is 0.469 bits per heavy atom. The zero-order valence-electron chi connectivity index (χ0n) is 71.0. The maximum Gasteiger partial charge on any atom is 0.472 e. The van der Waals surface area contributed by atoms with Crippen LogP contribution in [0.1, 0.15) is 355 Å². The average molecular weight is 1620 g/mol. The number of esters is 3. The predicted molar refractivity (Wildman–Crippen MR) is 472 cm³/mol. The van der Waals surface area contributed by atoms with Crippen LogP contribution in [0.2, 0.25) is 0 Å². The molecule has 0 aliphatic heterocycles. The Morgan fingerprint density at radius 3 is 0.761 bits per heavy atom. The number of phosphoric ester groups is 2. The first-order valence-corrected chi connectivity index (χ1v) is 47.4. The summed E-state index contributed by atoms with van der Waals surface area (Å²) in [5.74, 6) is -1.64. The van der Waals surface area contributed by atoms with E-state index in [1.807, 2.05) is 0 Å². The van der Waals surface area contributed by atoms with Crippen molar-refractivity contribution < 1.29 is 75.8 Å². The minimum absolute atomic E-state index is 0.0413. The number of unbranched alkanes of at least 4 members (excludes halogenated alkanes) is 32. The van der Waals surface area contributed by atoms with Crippen molar-refractivity contribution in [1.82, 2.24) is 0 Å². The molecular weight excluding hydrogens is 1460 g/mol. The lowest BCUT2D eigenvalue weighted by molar-refractivity contribution is -0.161.